The van der Waals surface area contributed by atoms with Crippen LogP contribution in [0.5, 0.6) is 0 Å². The first-order valence-electron chi connectivity index (χ1n) is 8.38. The highest BCUT2D eigenvalue weighted by Gasteiger charge is 2.24. The highest BCUT2D eigenvalue weighted by molar-refractivity contribution is 7.10. The zero-order valence-electron chi connectivity index (χ0n) is 12.7. The molecule has 1 N–H and O–H groups in total. The molecule has 2 nitrogen and oxygen atoms in total. The summed E-state index contributed by atoms with van der Waals surface area (Å²) < 4.78 is 0. The topological polar surface area (TPSA) is 15.3 Å². The van der Waals surface area contributed by atoms with Crippen LogP contribution in [0.1, 0.15) is 61.9 Å². The van der Waals surface area contributed by atoms with E-state index in [0.29, 0.717) is 6.04 Å². The van der Waals surface area contributed by atoms with E-state index in [-0.39, 0.29) is 0 Å². The van der Waals surface area contributed by atoms with Crippen LogP contribution in [0.15, 0.2) is 11.4 Å². The highest BCUT2D eigenvalue weighted by atomic mass is 32.1. The maximum absolute atomic E-state index is 3.77. The highest BCUT2D eigenvalue weighted by Crippen LogP contribution is 2.32. The maximum atomic E-state index is 3.77. The maximum Gasteiger partial charge on any atom is 0.0331 e. The van der Waals surface area contributed by atoms with Crippen molar-refractivity contribution < 1.29 is 0 Å². The normalized spacial score (nSPS) is 24.8. The van der Waals surface area contributed by atoms with Crippen molar-refractivity contribution in [3.05, 3.63) is 21.9 Å². The average molecular weight is 292 g/mol. The molecule has 3 rings (SSSR count). The molecule has 2 heterocycles. The van der Waals surface area contributed by atoms with Crippen molar-refractivity contribution in [2.24, 2.45) is 0 Å². The molecule has 0 amide bonds. The molecule has 1 aliphatic carbocycles. The molecule has 1 atom stereocenters. The fourth-order valence-corrected chi connectivity index (χ4v) is 4.72. The van der Waals surface area contributed by atoms with Crippen molar-refractivity contribution in [3.8, 4) is 0 Å². The molecule has 1 unspecified atom stereocenters. The van der Waals surface area contributed by atoms with E-state index in [9.17, 15) is 0 Å². The van der Waals surface area contributed by atoms with Gasteiger partial charge in [-0.3, -0.25) is 4.90 Å². The van der Waals surface area contributed by atoms with Gasteiger partial charge >= 0.3 is 0 Å². The summed E-state index contributed by atoms with van der Waals surface area (Å²) in [6.45, 7) is 6.07. The third kappa shape index (κ3) is 3.44. The van der Waals surface area contributed by atoms with Crippen LogP contribution in [-0.2, 0) is 6.42 Å². The lowest BCUT2D eigenvalue weighted by Gasteiger charge is -2.33. The van der Waals surface area contributed by atoms with Gasteiger partial charge in [-0.1, -0.05) is 19.3 Å². The van der Waals surface area contributed by atoms with E-state index in [0.717, 1.165) is 6.04 Å². The van der Waals surface area contributed by atoms with Gasteiger partial charge in [-0.05, 0) is 62.7 Å². The smallest absolute Gasteiger partial charge is 0.0331 e. The minimum absolute atomic E-state index is 0.625. The third-order valence-corrected chi connectivity index (χ3v) is 6.06. The Balaban J connectivity index is 1.38. The molecule has 1 saturated carbocycles. The van der Waals surface area contributed by atoms with E-state index in [2.05, 4.69) is 28.6 Å². The zero-order valence-corrected chi connectivity index (χ0v) is 13.6. The van der Waals surface area contributed by atoms with Crippen molar-refractivity contribution in [2.45, 2.75) is 64.0 Å². The predicted octanol–water partition coefficient (Wildman–Crippen LogP) is 3.98. The van der Waals surface area contributed by atoms with Gasteiger partial charge < -0.3 is 5.32 Å². The Bertz CT molecular complexity index is 409. The van der Waals surface area contributed by atoms with Gasteiger partial charge in [-0.15, -0.1) is 11.3 Å². The summed E-state index contributed by atoms with van der Waals surface area (Å²) in [5.41, 5.74) is 1.58. The molecule has 0 saturated heterocycles. The zero-order chi connectivity index (χ0) is 13.8. The Morgan fingerprint density at radius 2 is 2.15 bits per heavy atom. The number of hydrogen-bond donors (Lipinski definition) is 1. The van der Waals surface area contributed by atoms with Gasteiger partial charge in [0.05, 0.1) is 0 Å². The van der Waals surface area contributed by atoms with Crippen LogP contribution in [-0.4, -0.2) is 30.6 Å². The Hall–Kier alpha value is -0.380. The molecule has 20 heavy (non-hydrogen) atoms. The summed E-state index contributed by atoms with van der Waals surface area (Å²) in [5.74, 6) is 0. The molecule has 112 valence electrons. The minimum atomic E-state index is 0.625. The van der Waals surface area contributed by atoms with Crippen molar-refractivity contribution in [1.82, 2.24) is 10.2 Å². The number of thiophene rings is 1. The SMILES string of the molecule is CC1c2ccsc2CCN1CCCNC1CCCCC1. The first kappa shape index (κ1) is 14.6. The third-order valence-electron chi connectivity index (χ3n) is 5.06. The molecule has 0 aromatic carbocycles. The molecule has 1 aromatic heterocycles. The molecule has 0 bridgehead atoms. The molecule has 1 aliphatic heterocycles. The summed E-state index contributed by atoms with van der Waals surface area (Å²) in [5, 5.41) is 6.02. The lowest BCUT2D eigenvalue weighted by molar-refractivity contribution is 0.196. The second-order valence-corrected chi connectivity index (χ2v) is 7.40. The van der Waals surface area contributed by atoms with Gasteiger partial charge in [0.15, 0.2) is 0 Å². The molecule has 0 radical (unpaired) electrons. The quantitative estimate of drug-likeness (QED) is 0.826. The standard InChI is InChI=1S/C17H28N2S/c1-14-16-9-13-20-17(16)8-12-19(14)11-5-10-18-15-6-3-2-4-7-15/h9,13-15,18H,2-8,10-12H2,1H3. The average Bonchev–Trinajstić information content (AvgIpc) is 2.96. The van der Waals surface area contributed by atoms with E-state index < -0.39 is 0 Å². The van der Waals surface area contributed by atoms with Gasteiger partial charge in [0.2, 0.25) is 0 Å². The Labute approximate surface area is 127 Å². The molecular formula is C17H28N2S. The molecule has 2 aliphatic rings. The lowest BCUT2D eigenvalue weighted by atomic mass is 9.95. The summed E-state index contributed by atoms with van der Waals surface area (Å²) in [6, 6.07) is 3.77. The monoisotopic (exact) mass is 292 g/mol. The predicted molar refractivity (Wildman–Crippen MR) is 87.5 cm³/mol. The second kappa shape index (κ2) is 7.06. The number of rotatable bonds is 5. The van der Waals surface area contributed by atoms with Gasteiger partial charge in [0.1, 0.15) is 0 Å². The van der Waals surface area contributed by atoms with Gasteiger partial charge in [-0.25, -0.2) is 0 Å². The Morgan fingerprint density at radius 1 is 1.30 bits per heavy atom. The largest absolute Gasteiger partial charge is 0.314 e. The second-order valence-electron chi connectivity index (χ2n) is 6.40. The van der Waals surface area contributed by atoms with E-state index in [4.69, 9.17) is 0 Å². The number of nitrogens with one attached hydrogen (secondary N) is 1. The fraction of sp³-hybridized carbons (Fsp3) is 0.765. The number of hydrogen-bond acceptors (Lipinski definition) is 3. The van der Waals surface area contributed by atoms with Crippen molar-refractivity contribution >= 4 is 11.3 Å². The van der Waals surface area contributed by atoms with Crippen molar-refractivity contribution in [1.29, 1.82) is 0 Å². The molecule has 1 aromatic rings. The first-order chi connectivity index (χ1) is 9.84. The molecule has 1 fully saturated rings. The van der Waals surface area contributed by atoms with E-state index in [1.165, 1.54) is 64.6 Å². The molecule has 0 spiro atoms. The van der Waals surface area contributed by atoms with E-state index in [1.807, 2.05) is 11.3 Å². The van der Waals surface area contributed by atoms with Crippen LogP contribution in [0.25, 0.3) is 0 Å². The van der Waals surface area contributed by atoms with Crippen LogP contribution >= 0.6 is 11.3 Å². The van der Waals surface area contributed by atoms with E-state index >= 15 is 0 Å². The number of fused-ring (bicyclic) bond motifs is 1. The summed E-state index contributed by atoms with van der Waals surface area (Å²) in [4.78, 5) is 4.28. The Kier molecular flexibility index (Phi) is 5.14. The first-order valence-corrected chi connectivity index (χ1v) is 9.26. The summed E-state index contributed by atoms with van der Waals surface area (Å²) in [6.07, 6.45) is 9.67. The van der Waals surface area contributed by atoms with Crippen molar-refractivity contribution in [2.75, 3.05) is 19.6 Å². The van der Waals surface area contributed by atoms with Gasteiger partial charge in [0, 0.05) is 23.5 Å². The summed E-state index contributed by atoms with van der Waals surface area (Å²) in [7, 11) is 0. The van der Waals surface area contributed by atoms with Crippen LogP contribution in [0.3, 0.4) is 0 Å². The number of nitrogens with zero attached hydrogens (tertiary/aromatic N) is 1. The van der Waals surface area contributed by atoms with Crippen LogP contribution < -0.4 is 5.32 Å². The lowest BCUT2D eigenvalue weighted by Crippen LogP contribution is -2.37. The molecular weight excluding hydrogens is 264 g/mol. The van der Waals surface area contributed by atoms with Gasteiger partial charge in [-0.2, -0.15) is 0 Å². The van der Waals surface area contributed by atoms with Crippen LogP contribution in [0.2, 0.25) is 0 Å². The van der Waals surface area contributed by atoms with Crippen LogP contribution in [0, 0.1) is 0 Å². The van der Waals surface area contributed by atoms with E-state index in [1.54, 1.807) is 10.4 Å². The van der Waals surface area contributed by atoms with Crippen LogP contribution in [0.4, 0.5) is 0 Å². The molecule has 3 heteroatoms. The van der Waals surface area contributed by atoms with Gasteiger partial charge in [0.25, 0.3) is 0 Å². The fourth-order valence-electron chi connectivity index (χ4n) is 3.76. The summed E-state index contributed by atoms with van der Waals surface area (Å²) >= 11 is 1.94. The van der Waals surface area contributed by atoms with Crippen molar-refractivity contribution in [3.63, 3.8) is 0 Å². The minimum Gasteiger partial charge on any atom is -0.314 e. The Morgan fingerprint density at radius 3 is 3.00 bits per heavy atom.